The van der Waals surface area contributed by atoms with Crippen molar-refractivity contribution in [1.82, 2.24) is 9.80 Å². The van der Waals surface area contributed by atoms with Gasteiger partial charge in [0.15, 0.2) is 0 Å². The minimum atomic E-state index is -0.796. The van der Waals surface area contributed by atoms with Gasteiger partial charge in [0, 0.05) is 38.1 Å². The summed E-state index contributed by atoms with van der Waals surface area (Å²) in [5.74, 6) is -0.419. The van der Waals surface area contributed by atoms with E-state index in [9.17, 15) is 14.3 Å². The minimum Gasteiger partial charge on any atom is -0.481 e. The van der Waals surface area contributed by atoms with Crippen LogP contribution in [0.25, 0.3) is 0 Å². The topological polar surface area (TPSA) is 68.2 Å². The number of aryl methyl sites for hydroxylation is 1. The first-order chi connectivity index (χ1) is 13.7. The lowest BCUT2D eigenvalue weighted by molar-refractivity contribution is -0.148. The molecule has 0 spiro atoms. The monoisotopic (exact) mass is 416 g/mol. The van der Waals surface area contributed by atoms with Crippen molar-refractivity contribution in [3.05, 3.63) is 40.5 Å². The second-order valence-electron chi connectivity index (χ2n) is 8.32. The molecule has 6 nitrogen and oxygen atoms in total. The molecule has 0 radical (unpaired) electrons. The molecule has 0 bridgehead atoms. The lowest BCUT2D eigenvalue weighted by atomic mass is 9.93. The number of nitrogens with zero attached hydrogens (tertiary/aromatic N) is 3. The van der Waals surface area contributed by atoms with Gasteiger partial charge in [-0.15, -0.1) is 11.3 Å². The van der Waals surface area contributed by atoms with Crippen LogP contribution in [0, 0.1) is 18.2 Å². The molecular weight excluding hydrogens is 391 g/mol. The molecule has 0 amide bonds. The highest BCUT2D eigenvalue weighted by atomic mass is 32.1. The van der Waals surface area contributed by atoms with E-state index < -0.39 is 11.4 Å². The van der Waals surface area contributed by atoms with Crippen LogP contribution >= 0.6 is 11.3 Å². The molecule has 0 unspecified atom stereocenters. The highest BCUT2D eigenvalue weighted by Crippen LogP contribution is 2.39. The van der Waals surface area contributed by atoms with Crippen molar-refractivity contribution in [1.29, 1.82) is 0 Å². The molecule has 2 N–H and O–H groups in total. The van der Waals surface area contributed by atoms with E-state index in [-0.39, 0.29) is 5.82 Å². The van der Waals surface area contributed by atoms with Crippen LogP contribution in [0.3, 0.4) is 0 Å². The highest BCUT2D eigenvalue weighted by Gasteiger charge is 2.33. The van der Waals surface area contributed by atoms with Gasteiger partial charge in [-0.05, 0) is 38.5 Å². The fourth-order valence-corrected chi connectivity index (χ4v) is 4.57. The lowest BCUT2D eigenvalue weighted by Gasteiger charge is -2.38. The van der Waals surface area contributed by atoms with Crippen molar-refractivity contribution in [3.8, 4) is 0 Å². The average molecular weight is 417 g/mol. The Morgan fingerprint density at radius 1 is 1.31 bits per heavy atom. The maximum absolute atomic E-state index is 14.7. The van der Waals surface area contributed by atoms with Gasteiger partial charge in [-0.25, -0.2) is 9.38 Å². The Kier molecular flexibility index (Phi) is 5.08. The number of halogens is 1. The zero-order chi connectivity index (χ0) is 20.8. The van der Waals surface area contributed by atoms with E-state index in [2.05, 4.69) is 15.1 Å². The number of aliphatic carboxylic acids is 1. The van der Waals surface area contributed by atoms with Gasteiger partial charge in [-0.2, -0.15) is 0 Å². The lowest BCUT2D eigenvalue weighted by Crippen LogP contribution is -2.52. The van der Waals surface area contributed by atoms with Crippen molar-refractivity contribution < 1.29 is 14.3 Å². The third-order valence-electron chi connectivity index (χ3n) is 5.47. The first-order valence-corrected chi connectivity index (χ1v) is 10.6. The van der Waals surface area contributed by atoms with Gasteiger partial charge in [-0.3, -0.25) is 9.69 Å². The van der Waals surface area contributed by atoms with Gasteiger partial charge < -0.3 is 15.3 Å². The van der Waals surface area contributed by atoms with E-state index in [1.165, 1.54) is 16.7 Å². The number of anilines is 2. The van der Waals surface area contributed by atoms with Crippen LogP contribution in [-0.2, 0) is 4.79 Å². The van der Waals surface area contributed by atoms with Crippen molar-refractivity contribution >= 4 is 39.5 Å². The van der Waals surface area contributed by atoms with E-state index in [1.807, 2.05) is 25.1 Å². The van der Waals surface area contributed by atoms with Gasteiger partial charge in [0.25, 0.3) is 0 Å². The maximum Gasteiger partial charge on any atom is 0.310 e. The Labute approximate surface area is 173 Å². The normalized spacial score (nSPS) is 17.1. The molecule has 2 aliphatic rings. The number of piperazine rings is 1. The summed E-state index contributed by atoms with van der Waals surface area (Å²) in [5, 5.41) is 15.0. The van der Waals surface area contributed by atoms with Crippen LogP contribution in [0.4, 0.5) is 20.8 Å². The Hall–Kier alpha value is -2.45. The van der Waals surface area contributed by atoms with Crippen LogP contribution < -0.4 is 5.32 Å². The number of hydrogen-bond donors (Lipinski definition) is 2. The molecule has 154 valence electrons. The molecule has 1 fully saturated rings. The Bertz CT molecular complexity index is 977. The van der Waals surface area contributed by atoms with Crippen LogP contribution in [-0.4, -0.2) is 59.4 Å². The number of hydrogen-bond acceptors (Lipinski definition) is 6. The van der Waals surface area contributed by atoms with Crippen LogP contribution in [0.5, 0.6) is 0 Å². The van der Waals surface area contributed by atoms with E-state index in [4.69, 9.17) is 4.99 Å². The van der Waals surface area contributed by atoms with Crippen molar-refractivity contribution in [3.63, 3.8) is 0 Å². The Morgan fingerprint density at radius 2 is 2.03 bits per heavy atom. The Balaban J connectivity index is 1.60. The van der Waals surface area contributed by atoms with Gasteiger partial charge in [0.1, 0.15) is 16.7 Å². The van der Waals surface area contributed by atoms with Crippen LogP contribution in [0.1, 0.15) is 25.0 Å². The summed E-state index contributed by atoms with van der Waals surface area (Å²) < 4.78 is 14.7. The fraction of sp³-hybridized carbons (Fsp3) is 0.429. The molecule has 0 aliphatic carbocycles. The summed E-state index contributed by atoms with van der Waals surface area (Å²) in [7, 11) is 0. The fourth-order valence-electron chi connectivity index (χ4n) is 3.75. The number of benzene rings is 1. The number of nitrogens with one attached hydrogen (secondary N) is 1. The van der Waals surface area contributed by atoms with Gasteiger partial charge in [-0.1, -0.05) is 6.07 Å². The molecule has 0 saturated carbocycles. The molecular formula is C21H25FN4O2S. The van der Waals surface area contributed by atoms with Gasteiger partial charge >= 0.3 is 5.97 Å². The van der Waals surface area contributed by atoms with Crippen molar-refractivity contribution in [2.75, 3.05) is 38.0 Å². The third kappa shape index (κ3) is 3.86. The summed E-state index contributed by atoms with van der Waals surface area (Å²) >= 11 is 1.34. The molecule has 1 aromatic heterocycles. The SMILES string of the molecule is Cc1ccc2c(c1)Nc1scc(F)c1C(N1CCN(CC(C)(C)C(=O)O)CC1)=N2. The smallest absolute Gasteiger partial charge is 0.310 e. The summed E-state index contributed by atoms with van der Waals surface area (Å²) in [6.07, 6.45) is 0. The third-order valence-corrected chi connectivity index (χ3v) is 6.33. The van der Waals surface area contributed by atoms with Crippen LogP contribution in [0.2, 0.25) is 0 Å². The summed E-state index contributed by atoms with van der Waals surface area (Å²) in [4.78, 5) is 20.5. The molecule has 2 aliphatic heterocycles. The summed E-state index contributed by atoms with van der Waals surface area (Å²) in [5.41, 5.74) is 2.51. The molecule has 8 heteroatoms. The number of fused-ring (bicyclic) bond motifs is 2. The maximum atomic E-state index is 14.7. The van der Waals surface area contributed by atoms with E-state index in [0.29, 0.717) is 44.1 Å². The van der Waals surface area contributed by atoms with Crippen molar-refractivity contribution in [2.45, 2.75) is 20.8 Å². The Morgan fingerprint density at radius 3 is 2.72 bits per heavy atom. The van der Waals surface area contributed by atoms with Crippen molar-refractivity contribution in [2.24, 2.45) is 10.4 Å². The first kappa shape index (κ1) is 19.8. The van der Waals surface area contributed by atoms with Gasteiger partial charge in [0.05, 0.1) is 22.4 Å². The predicted molar refractivity (Wildman–Crippen MR) is 114 cm³/mol. The number of aliphatic imine (C=N–C) groups is 1. The second-order valence-corrected chi connectivity index (χ2v) is 9.20. The standard InChI is InChI=1S/C21H25FN4O2S/c1-13-4-5-15-16(10-13)24-19-17(14(22)11-29-19)18(23-15)26-8-6-25(7-9-26)12-21(2,3)20(27)28/h4-5,10-11,24H,6-9,12H2,1-3H3,(H,27,28). The molecule has 4 rings (SSSR count). The van der Waals surface area contributed by atoms with Gasteiger partial charge in [0.2, 0.25) is 0 Å². The zero-order valence-electron chi connectivity index (χ0n) is 16.8. The van der Waals surface area contributed by atoms with E-state index in [0.717, 1.165) is 21.9 Å². The molecule has 0 atom stereocenters. The van der Waals surface area contributed by atoms with E-state index >= 15 is 0 Å². The number of amidine groups is 1. The number of thiophene rings is 1. The van der Waals surface area contributed by atoms with E-state index in [1.54, 1.807) is 13.8 Å². The largest absolute Gasteiger partial charge is 0.481 e. The minimum absolute atomic E-state index is 0.268. The number of carbonyl (C=O) groups is 1. The quantitative estimate of drug-likeness (QED) is 0.790. The summed E-state index contributed by atoms with van der Waals surface area (Å²) in [6, 6.07) is 5.98. The zero-order valence-corrected chi connectivity index (χ0v) is 17.6. The molecule has 2 aromatic rings. The summed E-state index contributed by atoms with van der Waals surface area (Å²) in [6.45, 7) is 8.77. The molecule has 1 aromatic carbocycles. The molecule has 1 saturated heterocycles. The molecule has 3 heterocycles. The highest BCUT2D eigenvalue weighted by molar-refractivity contribution is 7.14. The first-order valence-electron chi connectivity index (χ1n) is 9.69. The average Bonchev–Trinajstić information content (AvgIpc) is 2.93. The number of rotatable bonds is 3. The predicted octanol–water partition coefficient (Wildman–Crippen LogP) is 4.06. The van der Waals surface area contributed by atoms with Crippen LogP contribution in [0.15, 0.2) is 28.6 Å². The molecule has 29 heavy (non-hydrogen) atoms. The second kappa shape index (κ2) is 7.42. The number of carboxylic acid groups (broad SMARTS) is 1. The number of carboxylic acids is 1.